The number of carbonyl (C=O) groups is 3. The molecule has 196 valence electrons. The number of amides is 3. The zero-order chi connectivity index (χ0) is 26.0. The summed E-state index contributed by atoms with van der Waals surface area (Å²) in [4.78, 5) is 40.7. The number of nitrogens with one attached hydrogen (secondary N) is 1. The topological polar surface area (TPSA) is 93.1 Å². The van der Waals surface area contributed by atoms with E-state index in [2.05, 4.69) is 5.32 Å². The summed E-state index contributed by atoms with van der Waals surface area (Å²) in [6, 6.07) is 6.18. The minimum atomic E-state index is -0.716. The summed E-state index contributed by atoms with van der Waals surface area (Å²) in [5.74, 6) is -0.183. The first kappa shape index (κ1) is 26.3. The highest BCUT2D eigenvalue weighted by atomic mass is 35.5. The van der Waals surface area contributed by atoms with Crippen molar-refractivity contribution in [2.75, 3.05) is 26.2 Å². The molecule has 1 aromatic carbocycles. The van der Waals surface area contributed by atoms with E-state index in [0.29, 0.717) is 37.8 Å². The maximum Gasteiger partial charge on any atom is 0.410 e. The van der Waals surface area contributed by atoms with Crippen LogP contribution in [0.2, 0.25) is 5.02 Å². The van der Waals surface area contributed by atoms with Gasteiger partial charge in [-0.2, -0.15) is 0 Å². The third-order valence-corrected chi connectivity index (χ3v) is 6.54. The molecular formula is C26H35ClN4O5. The maximum absolute atomic E-state index is 13.5. The largest absolute Gasteiger partial charge is 0.444 e. The quantitative estimate of drug-likeness (QED) is 0.605. The lowest BCUT2D eigenvalue weighted by atomic mass is 10.1. The van der Waals surface area contributed by atoms with E-state index in [9.17, 15) is 14.4 Å². The van der Waals surface area contributed by atoms with E-state index in [1.165, 1.54) is 6.92 Å². The molecule has 10 heteroatoms. The van der Waals surface area contributed by atoms with E-state index in [4.69, 9.17) is 21.1 Å². The van der Waals surface area contributed by atoms with E-state index in [1.54, 1.807) is 4.90 Å². The number of nitrogens with zero attached hydrogens (tertiary/aromatic N) is 3. The number of hydrogen-bond donors (Lipinski definition) is 1. The monoisotopic (exact) mass is 518 g/mol. The molecule has 2 fully saturated rings. The van der Waals surface area contributed by atoms with Crippen LogP contribution in [-0.4, -0.2) is 76.3 Å². The van der Waals surface area contributed by atoms with Crippen molar-refractivity contribution in [1.29, 1.82) is 0 Å². The molecule has 1 atom stereocenters. The summed E-state index contributed by atoms with van der Waals surface area (Å²) in [5, 5.41) is 4.38. The Labute approximate surface area is 216 Å². The van der Waals surface area contributed by atoms with Crippen molar-refractivity contribution in [3.8, 4) is 0 Å². The third-order valence-electron chi connectivity index (χ3n) is 6.24. The normalized spacial score (nSPS) is 18.2. The van der Waals surface area contributed by atoms with E-state index < -0.39 is 17.8 Å². The molecule has 0 bridgehead atoms. The molecule has 1 saturated carbocycles. The fraction of sp³-hybridized carbons (Fsp3) is 0.577. The van der Waals surface area contributed by atoms with Gasteiger partial charge in [-0.25, -0.2) is 4.79 Å². The van der Waals surface area contributed by atoms with Crippen LogP contribution in [0.5, 0.6) is 0 Å². The van der Waals surface area contributed by atoms with E-state index >= 15 is 0 Å². The standard InChI is InChI=1S/C26H35ClN4O5/c1-17(32)28-9-10-29-15-21(27)20-8-5-18(13-22(20)29)14-31(19-6-7-19)24(33)23-16-30(11-12-35-23)25(34)36-26(2,3)4/h5,8,13,15,19,23H,6-7,9-12,14,16H2,1-4H3,(H,28,32). The predicted octanol–water partition coefficient (Wildman–Crippen LogP) is 3.56. The van der Waals surface area contributed by atoms with Crippen LogP contribution >= 0.6 is 11.6 Å². The molecular weight excluding hydrogens is 484 g/mol. The molecule has 4 rings (SSSR count). The molecule has 9 nitrogen and oxygen atoms in total. The minimum Gasteiger partial charge on any atom is -0.444 e. The fourth-order valence-corrected chi connectivity index (χ4v) is 4.65. The van der Waals surface area contributed by atoms with Crippen molar-refractivity contribution in [2.45, 2.75) is 71.4 Å². The van der Waals surface area contributed by atoms with Crippen LogP contribution in [-0.2, 0) is 32.2 Å². The number of halogens is 1. The molecule has 1 aliphatic carbocycles. The Kier molecular flexibility index (Phi) is 7.80. The number of benzene rings is 1. The highest BCUT2D eigenvalue weighted by molar-refractivity contribution is 6.35. The predicted molar refractivity (Wildman–Crippen MR) is 137 cm³/mol. The van der Waals surface area contributed by atoms with Crippen LogP contribution in [0.15, 0.2) is 24.4 Å². The van der Waals surface area contributed by atoms with Crippen LogP contribution in [0.1, 0.15) is 46.1 Å². The second kappa shape index (κ2) is 10.7. The zero-order valence-electron chi connectivity index (χ0n) is 21.4. The molecule has 0 radical (unpaired) electrons. The fourth-order valence-electron chi connectivity index (χ4n) is 4.37. The molecule has 2 heterocycles. The van der Waals surface area contributed by atoms with Gasteiger partial charge in [-0.1, -0.05) is 23.7 Å². The Morgan fingerprint density at radius 1 is 1.25 bits per heavy atom. The molecule has 36 heavy (non-hydrogen) atoms. The number of hydrogen-bond acceptors (Lipinski definition) is 5. The van der Waals surface area contributed by atoms with Crippen LogP contribution in [0.25, 0.3) is 10.9 Å². The van der Waals surface area contributed by atoms with Gasteiger partial charge in [0, 0.05) is 56.2 Å². The average Bonchev–Trinajstić information content (AvgIpc) is 3.60. The lowest BCUT2D eigenvalue weighted by molar-refractivity contribution is -0.150. The van der Waals surface area contributed by atoms with Gasteiger partial charge in [0.15, 0.2) is 6.10 Å². The van der Waals surface area contributed by atoms with Crippen molar-refractivity contribution in [3.63, 3.8) is 0 Å². The summed E-state index contributed by atoms with van der Waals surface area (Å²) >= 11 is 6.44. The number of ether oxygens (including phenoxy) is 2. The number of carbonyl (C=O) groups excluding carboxylic acids is 3. The summed E-state index contributed by atoms with van der Waals surface area (Å²) < 4.78 is 13.3. The van der Waals surface area contributed by atoms with Gasteiger partial charge in [-0.15, -0.1) is 0 Å². The zero-order valence-corrected chi connectivity index (χ0v) is 22.1. The average molecular weight is 519 g/mol. The molecule has 1 aliphatic heterocycles. The number of morpholine rings is 1. The van der Waals surface area contributed by atoms with Gasteiger partial charge < -0.3 is 29.2 Å². The first-order chi connectivity index (χ1) is 17.0. The Bertz CT molecular complexity index is 1140. The van der Waals surface area contributed by atoms with Crippen LogP contribution in [0, 0.1) is 0 Å². The molecule has 1 unspecified atom stereocenters. The van der Waals surface area contributed by atoms with Crippen LogP contribution in [0.4, 0.5) is 4.79 Å². The number of rotatable bonds is 7. The second-order valence-corrected chi connectivity index (χ2v) is 10.9. The van der Waals surface area contributed by atoms with Crippen molar-refractivity contribution in [2.24, 2.45) is 0 Å². The summed E-state index contributed by atoms with van der Waals surface area (Å²) in [6.45, 7) is 9.36. The van der Waals surface area contributed by atoms with Crippen molar-refractivity contribution < 1.29 is 23.9 Å². The van der Waals surface area contributed by atoms with Crippen LogP contribution < -0.4 is 5.32 Å². The Balaban J connectivity index is 1.47. The first-order valence-electron chi connectivity index (χ1n) is 12.4. The Morgan fingerprint density at radius 3 is 2.67 bits per heavy atom. The molecule has 1 N–H and O–H groups in total. The van der Waals surface area contributed by atoms with Gasteiger partial charge in [0.2, 0.25) is 5.91 Å². The summed E-state index contributed by atoms with van der Waals surface area (Å²) in [6.07, 6.45) is 2.63. The number of fused-ring (bicyclic) bond motifs is 1. The molecule has 3 amide bonds. The molecule has 1 aromatic heterocycles. The van der Waals surface area contributed by atoms with Crippen molar-refractivity contribution in [1.82, 2.24) is 19.7 Å². The lowest BCUT2D eigenvalue weighted by Gasteiger charge is -2.36. The van der Waals surface area contributed by atoms with Gasteiger partial charge in [0.25, 0.3) is 5.91 Å². The van der Waals surface area contributed by atoms with Gasteiger partial charge >= 0.3 is 6.09 Å². The minimum absolute atomic E-state index is 0.0769. The van der Waals surface area contributed by atoms with Crippen molar-refractivity contribution in [3.05, 3.63) is 35.0 Å². The van der Waals surface area contributed by atoms with E-state index in [0.717, 1.165) is 29.3 Å². The van der Waals surface area contributed by atoms with Gasteiger partial charge in [-0.05, 0) is 45.2 Å². The summed E-state index contributed by atoms with van der Waals surface area (Å²) in [7, 11) is 0. The second-order valence-electron chi connectivity index (χ2n) is 10.5. The summed E-state index contributed by atoms with van der Waals surface area (Å²) in [5.41, 5.74) is 1.34. The molecule has 0 spiro atoms. The maximum atomic E-state index is 13.5. The van der Waals surface area contributed by atoms with Crippen molar-refractivity contribution >= 4 is 40.4 Å². The highest BCUT2D eigenvalue weighted by Crippen LogP contribution is 2.32. The molecule has 2 aromatic rings. The third kappa shape index (κ3) is 6.50. The van der Waals surface area contributed by atoms with Crippen LogP contribution in [0.3, 0.4) is 0 Å². The van der Waals surface area contributed by atoms with E-state index in [1.807, 2.05) is 54.6 Å². The van der Waals surface area contributed by atoms with E-state index in [-0.39, 0.29) is 24.4 Å². The number of aromatic nitrogens is 1. The smallest absolute Gasteiger partial charge is 0.410 e. The Morgan fingerprint density at radius 2 is 2.00 bits per heavy atom. The first-order valence-corrected chi connectivity index (χ1v) is 12.8. The molecule has 2 aliphatic rings. The van der Waals surface area contributed by atoms with Gasteiger partial charge in [-0.3, -0.25) is 9.59 Å². The van der Waals surface area contributed by atoms with Gasteiger partial charge in [0.05, 0.1) is 18.2 Å². The van der Waals surface area contributed by atoms with Gasteiger partial charge in [0.1, 0.15) is 5.60 Å². The highest BCUT2D eigenvalue weighted by Gasteiger charge is 2.39. The Hall–Kier alpha value is -2.78. The SMILES string of the molecule is CC(=O)NCCn1cc(Cl)c2ccc(CN(C(=O)C3CN(C(=O)OC(C)(C)C)CCO3)C3CC3)cc21. The lowest BCUT2D eigenvalue weighted by Crippen LogP contribution is -2.53. The molecule has 1 saturated heterocycles.